The lowest BCUT2D eigenvalue weighted by Crippen LogP contribution is -2.50. The number of carbonyl (C=O) groups excluding carboxylic acids is 2. The van der Waals surface area contributed by atoms with Gasteiger partial charge in [-0.15, -0.1) is 0 Å². The number of carbonyl (C=O) groups is 2. The van der Waals surface area contributed by atoms with E-state index in [-0.39, 0.29) is 24.0 Å². The van der Waals surface area contributed by atoms with E-state index in [1.807, 2.05) is 44.9 Å². The summed E-state index contributed by atoms with van der Waals surface area (Å²) in [6.45, 7) is 6.90. The Balaban J connectivity index is 1.53. The summed E-state index contributed by atoms with van der Waals surface area (Å²) in [6.07, 6.45) is 2.19. The van der Waals surface area contributed by atoms with E-state index >= 15 is 0 Å². The van der Waals surface area contributed by atoms with Crippen LogP contribution < -0.4 is 0 Å². The molecule has 5 heteroatoms. The molecule has 25 heavy (non-hydrogen) atoms. The molecule has 2 aliphatic rings. The van der Waals surface area contributed by atoms with Crippen molar-refractivity contribution in [2.24, 2.45) is 0 Å². The molecule has 1 aromatic rings. The summed E-state index contributed by atoms with van der Waals surface area (Å²) in [6, 6.07) is 8.37. The average molecular weight is 344 g/mol. The Kier molecular flexibility index (Phi) is 4.76. The average Bonchev–Trinajstić information content (AvgIpc) is 2.53. The third kappa shape index (κ3) is 3.80. The van der Waals surface area contributed by atoms with Crippen LogP contribution >= 0.6 is 0 Å². The van der Waals surface area contributed by atoms with Gasteiger partial charge in [0.1, 0.15) is 5.60 Å². The van der Waals surface area contributed by atoms with Gasteiger partial charge in [-0.25, -0.2) is 4.79 Å². The fourth-order valence-electron chi connectivity index (χ4n) is 3.67. The van der Waals surface area contributed by atoms with E-state index in [0.29, 0.717) is 13.1 Å². The van der Waals surface area contributed by atoms with Crippen molar-refractivity contribution in [3.05, 3.63) is 35.4 Å². The molecule has 1 heterocycles. The molecule has 0 radical (unpaired) electrons. The van der Waals surface area contributed by atoms with Gasteiger partial charge in [-0.2, -0.15) is 0 Å². The zero-order chi connectivity index (χ0) is 18.2. The normalized spacial score (nSPS) is 20.5. The number of ether oxygens (including phenoxy) is 1. The van der Waals surface area contributed by atoms with Crippen LogP contribution in [0.4, 0.5) is 4.79 Å². The molecule has 2 amide bonds. The summed E-state index contributed by atoms with van der Waals surface area (Å²) in [4.78, 5) is 28.6. The van der Waals surface area contributed by atoms with E-state index in [9.17, 15) is 9.59 Å². The fraction of sp³-hybridized carbons (Fsp3) is 0.600. The van der Waals surface area contributed by atoms with Crippen LogP contribution in [0.3, 0.4) is 0 Å². The van der Waals surface area contributed by atoms with Gasteiger partial charge >= 0.3 is 6.09 Å². The Hall–Kier alpha value is -2.04. The zero-order valence-corrected chi connectivity index (χ0v) is 15.6. The monoisotopic (exact) mass is 344 g/mol. The van der Waals surface area contributed by atoms with Crippen molar-refractivity contribution in [2.75, 3.05) is 20.1 Å². The molecule has 0 unspecified atom stereocenters. The van der Waals surface area contributed by atoms with Crippen molar-refractivity contribution in [3.8, 4) is 0 Å². The quantitative estimate of drug-likeness (QED) is 0.828. The van der Waals surface area contributed by atoms with Crippen molar-refractivity contribution >= 4 is 12.0 Å². The van der Waals surface area contributed by atoms with Crippen LogP contribution in [0.1, 0.15) is 50.7 Å². The number of hydrogen-bond acceptors (Lipinski definition) is 3. The van der Waals surface area contributed by atoms with E-state index in [4.69, 9.17) is 4.74 Å². The van der Waals surface area contributed by atoms with Crippen molar-refractivity contribution in [2.45, 2.75) is 57.6 Å². The number of amides is 2. The van der Waals surface area contributed by atoms with Gasteiger partial charge in [-0.05, 0) is 51.2 Å². The Labute approximate surface area is 149 Å². The topological polar surface area (TPSA) is 49.9 Å². The molecule has 0 spiro atoms. The first-order valence-electron chi connectivity index (χ1n) is 9.08. The van der Waals surface area contributed by atoms with Gasteiger partial charge in [0, 0.05) is 26.2 Å². The molecule has 1 atom stereocenters. The van der Waals surface area contributed by atoms with Gasteiger partial charge in [0.05, 0.1) is 5.92 Å². The standard InChI is InChI=1S/C20H28N2O3/c1-20(2,3)25-19(24)22-11-9-15(10-12-22)21(4)18(23)17-13-14-7-5-6-8-16(14)17/h5-8,15,17H,9-13H2,1-4H3/t17-/m0/s1. The predicted octanol–water partition coefficient (Wildman–Crippen LogP) is 3.18. The Morgan fingerprint density at radius 3 is 2.40 bits per heavy atom. The summed E-state index contributed by atoms with van der Waals surface area (Å²) in [7, 11) is 1.90. The maximum absolute atomic E-state index is 12.8. The van der Waals surface area contributed by atoms with Gasteiger partial charge in [0.2, 0.25) is 5.91 Å². The number of piperidine rings is 1. The highest BCUT2D eigenvalue weighted by Gasteiger charge is 2.37. The summed E-state index contributed by atoms with van der Waals surface area (Å²) < 4.78 is 5.43. The molecule has 5 nitrogen and oxygen atoms in total. The van der Waals surface area contributed by atoms with Gasteiger partial charge in [-0.1, -0.05) is 24.3 Å². The van der Waals surface area contributed by atoms with Gasteiger partial charge in [0.25, 0.3) is 0 Å². The summed E-state index contributed by atoms with van der Waals surface area (Å²) in [5.74, 6) is 0.208. The molecule has 0 aromatic heterocycles. The minimum Gasteiger partial charge on any atom is -0.444 e. The van der Waals surface area contributed by atoms with E-state index in [0.717, 1.165) is 19.3 Å². The van der Waals surface area contributed by atoms with Crippen LogP contribution in [0, 0.1) is 0 Å². The number of hydrogen-bond donors (Lipinski definition) is 0. The lowest BCUT2D eigenvalue weighted by Gasteiger charge is -2.40. The zero-order valence-electron chi connectivity index (χ0n) is 15.6. The molecule has 1 aromatic carbocycles. The minimum atomic E-state index is -0.474. The number of rotatable bonds is 2. The lowest BCUT2D eigenvalue weighted by molar-refractivity contribution is -0.135. The predicted molar refractivity (Wildman–Crippen MR) is 96.5 cm³/mol. The van der Waals surface area contributed by atoms with E-state index < -0.39 is 5.60 Å². The van der Waals surface area contributed by atoms with Crippen LogP contribution in [-0.4, -0.2) is 53.6 Å². The van der Waals surface area contributed by atoms with Crippen LogP contribution in [-0.2, 0) is 16.0 Å². The van der Waals surface area contributed by atoms with Crippen molar-refractivity contribution < 1.29 is 14.3 Å². The van der Waals surface area contributed by atoms with E-state index in [2.05, 4.69) is 12.1 Å². The third-order valence-corrected chi connectivity index (χ3v) is 5.16. The molecule has 3 rings (SSSR count). The SMILES string of the molecule is CN(C(=O)[C@H]1Cc2ccccc21)C1CCN(C(=O)OC(C)(C)C)CC1. The van der Waals surface area contributed by atoms with Crippen molar-refractivity contribution in [1.29, 1.82) is 0 Å². The second kappa shape index (κ2) is 6.70. The summed E-state index contributed by atoms with van der Waals surface area (Å²) >= 11 is 0. The molecule has 1 aliphatic heterocycles. The molecule has 1 aliphatic carbocycles. The number of benzene rings is 1. The number of likely N-dealkylation sites (tertiary alicyclic amines) is 1. The number of nitrogens with zero attached hydrogens (tertiary/aromatic N) is 2. The third-order valence-electron chi connectivity index (χ3n) is 5.16. The Morgan fingerprint density at radius 1 is 1.16 bits per heavy atom. The molecular formula is C20H28N2O3. The number of fused-ring (bicyclic) bond motifs is 1. The molecule has 0 bridgehead atoms. The molecule has 0 N–H and O–H groups in total. The second-order valence-electron chi connectivity index (χ2n) is 8.10. The molecule has 1 saturated heterocycles. The molecular weight excluding hydrogens is 316 g/mol. The smallest absolute Gasteiger partial charge is 0.410 e. The highest BCUT2D eigenvalue weighted by Crippen LogP contribution is 2.36. The van der Waals surface area contributed by atoms with Crippen LogP contribution in [0.2, 0.25) is 0 Å². The minimum absolute atomic E-state index is 0.00471. The van der Waals surface area contributed by atoms with Crippen molar-refractivity contribution in [1.82, 2.24) is 9.80 Å². The largest absolute Gasteiger partial charge is 0.444 e. The van der Waals surface area contributed by atoms with E-state index in [1.54, 1.807) is 4.90 Å². The summed E-state index contributed by atoms with van der Waals surface area (Å²) in [5, 5.41) is 0. The maximum Gasteiger partial charge on any atom is 0.410 e. The van der Waals surface area contributed by atoms with Crippen LogP contribution in [0.25, 0.3) is 0 Å². The molecule has 1 fully saturated rings. The highest BCUT2D eigenvalue weighted by atomic mass is 16.6. The first-order chi connectivity index (χ1) is 11.8. The Morgan fingerprint density at radius 2 is 1.80 bits per heavy atom. The fourth-order valence-corrected chi connectivity index (χ4v) is 3.67. The Bertz CT molecular complexity index is 657. The number of likely N-dealkylation sites (N-methyl/N-ethyl adjacent to an activating group) is 1. The van der Waals surface area contributed by atoms with Gasteiger partial charge in [-0.3, -0.25) is 4.79 Å². The highest BCUT2D eigenvalue weighted by molar-refractivity contribution is 5.87. The second-order valence-corrected chi connectivity index (χ2v) is 8.10. The summed E-state index contributed by atoms with van der Waals surface area (Å²) in [5.41, 5.74) is 1.98. The van der Waals surface area contributed by atoms with E-state index in [1.165, 1.54) is 11.1 Å². The van der Waals surface area contributed by atoms with Crippen LogP contribution in [0.5, 0.6) is 0 Å². The first kappa shape index (κ1) is 17.8. The van der Waals surface area contributed by atoms with Crippen molar-refractivity contribution in [3.63, 3.8) is 0 Å². The van der Waals surface area contributed by atoms with Crippen LogP contribution in [0.15, 0.2) is 24.3 Å². The van der Waals surface area contributed by atoms with Gasteiger partial charge in [0.15, 0.2) is 0 Å². The first-order valence-corrected chi connectivity index (χ1v) is 9.08. The lowest BCUT2D eigenvalue weighted by atomic mass is 9.76. The molecule has 0 saturated carbocycles. The maximum atomic E-state index is 12.8. The van der Waals surface area contributed by atoms with Gasteiger partial charge < -0.3 is 14.5 Å². The molecule has 136 valence electrons.